The van der Waals surface area contributed by atoms with Gasteiger partial charge in [0.25, 0.3) is 0 Å². The number of anilines is 1. The van der Waals surface area contributed by atoms with E-state index in [0.717, 1.165) is 5.56 Å². The van der Waals surface area contributed by atoms with Crippen LogP contribution in [0.1, 0.15) is 52.6 Å². The van der Waals surface area contributed by atoms with Gasteiger partial charge in [-0.1, -0.05) is 38.1 Å². The Morgan fingerprint density at radius 2 is 1.80 bits per heavy atom. The minimum absolute atomic E-state index is 0.0613. The standard InChI is InChI=1S/C19H19NO4S/c1-11(2)19(22)13-5-3-12(4-6-13)17-10-18(21)15-9-14(25(23)24)7-8-16(15)20-17/h3-9,11,17,20,25H,10H2,1-2H3. The maximum Gasteiger partial charge on any atom is 0.168 e. The lowest BCUT2D eigenvalue weighted by atomic mass is 9.91. The predicted octanol–water partition coefficient (Wildman–Crippen LogP) is 3.24. The first-order valence-electron chi connectivity index (χ1n) is 8.09. The molecule has 0 fully saturated rings. The van der Waals surface area contributed by atoms with Crippen LogP contribution in [-0.4, -0.2) is 20.0 Å². The van der Waals surface area contributed by atoms with Crippen molar-refractivity contribution in [2.75, 3.05) is 5.32 Å². The second kappa shape index (κ2) is 6.80. The molecule has 5 nitrogen and oxygen atoms in total. The molecule has 6 heteroatoms. The molecule has 1 aliphatic rings. The predicted molar refractivity (Wildman–Crippen MR) is 95.9 cm³/mol. The molecule has 1 aliphatic heterocycles. The molecule has 0 radical (unpaired) electrons. The van der Waals surface area contributed by atoms with Crippen molar-refractivity contribution in [3.05, 3.63) is 59.2 Å². The van der Waals surface area contributed by atoms with Crippen molar-refractivity contribution in [2.24, 2.45) is 5.92 Å². The minimum Gasteiger partial charge on any atom is -0.377 e. The molecule has 0 saturated heterocycles. The second-order valence-electron chi connectivity index (χ2n) is 6.45. The van der Waals surface area contributed by atoms with Crippen LogP contribution in [-0.2, 0) is 10.7 Å². The fourth-order valence-corrected chi connectivity index (χ4v) is 3.38. The van der Waals surface area contributed by atoms with Gasteiger partial charge in [0.15, 0.2) is 22.3 Å². The average molecular weight is 357 g/mol. The number of carbonyl (C=O) groups is 2. The molecule has 1 heterocycles. The van der Waals surface area contributed by atoms with Gasteiger partial charge in [0.1, 0.15) is 0 Å². The largest absolute Gasteiger partial charge is 0.377 e. The Kier molecular flexibility index (Phi) is 4.72. The second-order valence-corrected chi connectivity index (χ2v) is 7.48. The van der Waals surface area contributed by atoms with E-state index in [1.807, 2.05) is 26.0 Å². The lowest BCUT2D eigenvalue weighted by molar-refractivity contribution is 0.0937. The van der Waals surface area contributed by atoms with E-state index in [2.05, 4.69) is 5.32 Å². The van der Waals surface area contributed by atoms with Crippen LogP contribution in [0.5, 0.6) is 0 Å². The molecule has 0 aliphatic carbocycles. The first-order valence-corrected chi connectivity index (χ1v) is 9.27. The van der Waals surface area contributed by atoms with E-state index in [1.54, 1.807) is 18.2 Å². The zero-order valence-electron chi connectivity index (χ0n) is 14.0. The van der Waals surface area contributed by atoms with E-state index in [0.29, 0.717) is 16.8 Å². The third kappa shape index (κ3) is 3.49. The number of hydrogen-bond donors (Lipinski definition) is 2. The number of benzene rings is 2. The summed E-state index contributed by atoms with van der Waals surface area (Å²) in [4.78, 5) is 24.6. The molecule has 2 aromatic carbocycles. The molecular formula is C19H19NO4S. The van der Waals surface area contributed by atoms with Crippen molar-refractivity contribution in [1.29, 1.82) is 0 Å². The molecule has 1 atom stereocenters. The van der Waals surface area contributed by atoms with Crippen LogP contribution in [0.4, 0.5) is 5.69 Å². The van der Waals surface area contributed by atoms with Crippen LogP contribution < -0.4 is 5.32 Å². The highest BCUT2D eigenvalue weighted by Crippen LogP contribution is 2.33. The molecular weight excluding hydrogens is 338 g/mol. The molecule has 0 aromatic heterocycles. The molecule has 0 spiro atoms. The van der Waals surface area contributed by atoms with Crippen molar-refractivity contribution < 1.29 is 18.0 Å². The maximum atomic E-state index is 12.4. The van der Waals surface area contributed by atoms with E-state index in [4.69, 9.17) is 0 Å². The quantitative estimate of drug-likeness (QED) is 0.649. The van der Waals surface area contributed by atoms with Gasteiger partial charge in [-0.15, -0.1) is 0 Å². The number of fused-ring (bicyclic) bond motifs is 1. The van der Waals surface area contributed by atoms with Gasteiger partial charge in [-0.3, -0.25) is 9.59 Å². The van der Waals surface area contributed by atoms with Gasteiger partial charge in [0, 0.05) is 29.2 Å². The minimum atomic E-state index is -2.71. The smallest absolute Gasteiger partial charge is 0.168 e. The average Bonchev–Trinajstić information content (AvgIpc) is 2.60. The summed E-state index contributed by atoms with van der Waals surface area (Å²) in [6.07, 6.45) is 0.240. The SMILES string of the molecule is CC(C)C(=O)c1ccc(C2CC(=O)c3cc([SH](=O)=O)ccc3N2)cc1. The first kappa shape index (κ1) is 17.4. The lowest BCUT2D eigenvalue weighted by Gasteiger charge is -2.26. The van der Waals surface area contributed by atoms with E-state index < -0.39 is 10.7 Å². The fourth-order valence-electron chi connectivity index (χ4n) is 2.95. The molecule has 130 valence electrons. The summed E-state index contributed by atoms with van der Waals surface area (Å²) >= 11 is 0. The summed E-state index contributed by atoms with van der Waals surface area (Å²) in [5.41, 5.74) is 2.60. The molecule has 0 bridgehead atoms. The number of carbonyl (C=O) groups excluding carboxylic acids is 2. The van der Waals surface area contributed by atoms with E-state index in [-0.39, 0.29) is 34.8 Å². The topological polar surface area (TPSA) is 80.3 Å². The number of ketones is 2. The highest BCUT2D eigenvalue weighted by atomic mass is 32.2. The molecule has 2 aromatic rings. The van der Waals surface area contributed by atoms with E-state index in [9.17, 15) is 18.0 Å². The van der Waals surface area contributed by atoms with Crippen LogP contribution in [0.15, 0.2) is 47.4 Å². The van der Waals surface area contributed by atoms with E-state index >= 15 is 0 Å². The van der Waals surface area contributed by atoms with Crippen molar-refractivity contribution >= 4 is 28.0 Å². The van der Waals surface area contributed by atoms with Crippen molar-refractivity contribution in [2.45, 2.75) is 31.2 Å². The van der Waals surface area contributed by atoms with Crippen LogP contribution in [0.2, 0.25) is 0 Å². The van der Waals surface area contributed by atoms with Crippen LogP contribution in [0.25, 0.3) is 0 Å². The highest BCUT2D eigenvalue weighted by molar-refractivity contribution is 7.72. The number of Topliss-reactive ketones (excluding diaryl/α,β-unsaturated/α-hetero) is 2. The normalized spacial score (nSPS) is 16.6. The van der Waals surface area contributed by atoms with Gasteiger partial charge < -0.3 is 5.32 Å². The van der Waals surface area contributed by atoms with Crippen molar-refractivity contribution in [1.82, 2.24) is 0 Å². The summed E-state index contributed by atoms with van der Waals surface area (Å²) in [5, 5.41) is 3.28. The Morgan fingerprint density at radius 3 is 2.40 bits per heavy atom. The molecule has 1 N–H and O–H groups in total. The number of thiol groups is 1. The lowest BCUT2D eigenvalue weighted by Crippen LogP contribution is -2.23. The van der Waals surface area contributed by atoms with Crippen molar-refractivity contribution in [3.63, 3.8) is 0 Å². The molecule has 1 unspecified atom stereocenters. The van der Waals surface area contributed by atoms with Crippen LogP contribution in [0.3, 0.4) is 0 Å². The van der Waals surface area contributed by atoms with Gasteiger partial charge in [-0.25, -0.2) is 8.42 Å². The Labute approximate surface area is 148 Å². The number of rotatable bonds is 4. The van der Waals surface area contributed by atoms with Crippen molar-refractivity contribution in [3.8, 4) is 0 Å². The van der Waals surface area contributed by atoms with Gasteiger partial charge >= 0.3 is 0 Å². The van der Waals surface area contributed by atoms with Gasteiger partial charge in [-0.2, -0.15) is 0 Å². The molecule has 25 heavy (non-hydrogen) atoms. The fraction of sp³-hybridized carbons (Fsp3) is 0.263. The third-order valence-corrected chi connectivity index (χ3v) is 5.06. The summed E-state index contributed by atoms with van der Waals surface area (Å²) in [7, 11) is -2.71. The summed E-state index contributed by atoms with van der Waals surface area (Å²) in [6, 6.07) is 11.6. The van der Waals surface area contributed by atoms with Crippen LogP contribution in [0, 0.1) is 5.92 Å². The molecule has 3 rings (SSSR count). The van der Waals surface area contributed by atoms with Gasteiger partial charge in [0.2, 0.25) is 0 Å². The number of nitrogens with one attached hydrogen (secondary N) is 1. The Hall–Kier alpha value is -2.47. The Morgan fingerprint density at radius 1 is 1.12 bits per heavy atom. The summed E-state index contributed by atoms with van der Waals surface area (Å²) in [6.45, 7) is 3.72. The summed E-state index contributed by atoms with van der Waals surface area (Å²) in [5.74, 6) is -0.0718. The first-order chi connectivity index (χ1) is 11.9. The molecule has 0 amide bonds. The summed E-state index contributed by atoms with van der Waals surface area (Å²) < 4.78 is 22.2. The third-order valence-electron chi connectivity index (χ3n) is 4.36. The Bertz CT molecular complexity index is 906. The monoisotopic (exact) mass is 357 g/mol. The van der Waals surface area contributed by atoms with Gasteiger partial charge in [0.05, 0.1) is 10.9 Å². The Balaban J connectivity index is 1.86. The maximum absolute atomic E-state index is 12.4. The number of hydrogen-bond acceptors (Lipinski definition) is 5. The zero-order chi connectivity index (χ0) is 18.1. The zero-order valence-corrected chi connectivity index (χ0v) is 14.9. The van der Waals surface area contributed by atoms with E-state index in [1.165, 1.54) is 12.1 Å². The molecule has 0 saturated carbocycles. The van der Waals surface area contributed by atoms with Crippen LogP contribution >= 0.6 is 0 Å². The van der Waals surface area contributed by atoms with Gasteiger partial charge in [-0.05, 0) is 23.8 Å². The highest BCUT2D eigenvalue weighted by Gasteiger charge is 2.26.